The van der Waals surface area contributed by atoms with Gasteiger partial charge in [0, 0.05) is 18.6 Å². The van der Waals surface area contributed by atoms with Gasteiger partial charge in [-0.15, -0.1) is 0 Å². The predicted molar refractivity (Wildman–Crippen MR) is 92.2 cm³/mol. The van der Waals surface area contributed by atoms with E-state index in [9.17, 15) is 4.79 Å². The van der Waals surface area contributed by atoms with Crippen LogP contribution in [0.2, 0.25) is 0 Å². The number of aryl methyl sites for hydroxylation is 1. The van der Waals surface area contributed by atoms with Crippen LogP contribution in [0, 0.1) is 12.8 Å². The summed E-state index contributed by atoms with van der Waals surface area (Å²) in [7, 11) is 0. The number of ketones is 1. The Balaban J connectivity index is 1.75. The van der Waals surface area contributed by atoms with Gasteiger partial charge in [-0.2, -0.15) is 0 Å². The van der Waals surface area contributed by atoms with Gasteiger partial charge < -0.3 is 15.2 Å². The van der Waals surface area contributed by atoms with E-state index in [1.807, 2.05) is 25.1 Å². The molecule has 0 aliphatic carbocycles. The van der Waals surface area contributed by atoms with Gasteiger partial charge in [-0.3, -0.25) is 4.79 Å². The maximum atomic E-state index is 12.0. The second kappa shape index (κ2) is 9.68. The number of Topliss-reactive ketones (excluding diaryl/α,β-unsaturated/α-hetero) is 1. The molecule has 1 fully saturated rings. The molecule has 23 heavy (non-hydrogen) atoms. The van der Waals surface area contributed by atoms with Gasteiger partial charge in [-0.1, -0.05) is 0 Å². The van der Waals surface area contributed by atoms with E-state index in [1.54, 1.807) is 0 Å². The molecule has 0 atom stereocenters. The van der Waals surface area contributed by atoms with Crippen LogP contribution >= 0.6 is 0 Å². The molecule has 0 bridgehead atoms. The molecular weight excluding hydrogens is 290 g/mol. The van der Waals surface area contributed by atoms with Gasteiger partial charge in [0.1, 0.15) is 5.75 Å². The number of ether oxygens (including phenoxy) is 1. The van der Waals surface area contributed by atoms with Gasteiger partial charge in [-0.05, 0) is 81.8 Å². The number of carbonyl (C=O) groups is 1. The average molecular weight is 319 g/mol. The highest BCUT2D eigenvalue weighted by atomic mass is 16.5. The third-order valence-electron chi connectivity index (χ3n) is 4.54. The zero-order chi connectivity index (χ0) is 16.5. The van der Waals surface area contributed by atoms with E-state index in [1.165, 1.54) is 19.3 Å². The second-order valence-electron chi connectivity index (χ2n) is 6.41. The van der Waals surface area contributed by atoms with Crippen LogP contribution in [0.15, 0.2) is 18.2 Å². The van der Waals surface area contributed by atoms with E-state index in [-0.39, 0.29) is 12.4 Å². The summed E-state index contributed by atoms with van der Waals surface area (Å²) in [5, 5.41) is 12.2. The number of benzene rings is 1. The average Bonchev–Trinajstić information content (AvgIpc) is 2.57. The first-order valence-electron chi connectivity index (χ1n) is 8.79. The highest BCUT2D eigenvalue weighted by molar-refractivity contribution is 5.97. The molecule has 0 amide bonds. The van der Waals surface area contributed by atoms with Crippen LogP contribution in [-0.2, 0) is 0 Å². The van der Waals surface area contributed by atoms with Crippen molar-refractivity contribution in [1.29, 1.82) is 0 Å². The lowest BCUT2D eigenvalue weighted by Gasteiger charge is -2.22. The van der Waals surface area contributed by atoms with Gasteiger partial charge in [-0.25, -0.2) is 0 Å². The van der Waals surface area contributed by atoms with Gasteiger partial charge in [0.15, 0.2) is 5.78 Å². The summed E-state index contributed by atoms with van der Waals surface area (Å²) in [5.41, 5.74) is 1.68. The second-order valence-corrected chi connectivity index (χ2v) is 6.41. The fourth-order valence-corrected chi connectivity index (χ4v) is 3.15. The summed E-state index contributed by atoms with van der Waals surface area (Å²) in [6.07, 6.45) is 5.80. The summed E-state index contributed by atoms with van der Waals surface area (Å²) in [4.78, 5) is 12.0. The molecule has 1 aliphatic rings. The van der Waals surface area contributed by atoms with Crippen molar-refractivity contribution in [2.45, 2.75) is 45.4 Å². The number of piperidine rings is 1. The molecule has 1 aromatic carbocycles. The molecule has 0 radical (unpaired) electrons. The van der Waals surface area contributed by atoms with Crippen molar-refractivity contribution in [3.8, 4) is 5.75 Å². The zero-order valence-electron chi connectivity index (χ0n) is 14.1. The van der Waals surface area contributed by atoms with E-state index in [0.717, 1.165) is 48.9 Å². The lowest BCUT2D eigenvalue weighted by molar-refractivity contribution is 0.0970. The van der Waals surface area contributed by atoms with Gasteiger partial charge in [0.25, 0.3) is 0 Å². The minimum atomic E-state index is 0.0586. The van der Waals surface area contributed by atoms with E-state index >= 15 is 0 Å². The monoisotopic (exact) mass is 319 g/mol. The van der Waals surface area contributed by atoms with Gasteiger partial charge >= 0.3 is 0 Å². The Labute approximate surface area is 139 Å². The van der Waals surface area contributed by atoms with Crippen molar-refractivity contribution in [3.05, 3.63) is 29.3 Å². The highest BCUT2D eigenvalue weighted by Gasteiger charge is 2.13. The highest BCUT2D eigenvalue weighted by Crippen LogP contribution is 2.21. The zero-order valence-corrected chi connectivity index (χ0v) is 14.1. The molecule has 2 rings (SSSR count). The van der Waals surface area contributed by atoms with E-state index in [0.29, 0.717) is 12.8 Å². The van der Waals surface area contributed by atoms with Crippen LogP contribution in [0.3, 0.4) is 0 Å². The SMILES string of the molecule is Cc1cc(OCCCC2CCNCC2)ccc1C(=O)CCCO. The molecule has 2 N–H and O–H groups in total. The lowest BCUT2D eigenvalue weighted by atomic mass is 9.93. The van der Waals surface area contributed by atoms with Crippen LogP contribution in [0.1, 0.15) is 54.4 Å². The Hall–Kier alpha value is -1.39. The minimum absolute atomic E-state index is 0.0586. The Morgan fingerprint density at radius 1 is 1.30 bits per heavy atom. The Kier molecular flexibility index (Phi) is 7.56. The first-order valence-corrected chi connectivity index (χ1v) is 8.79. The normalized spacial score (nSPS) is 15.6. The molecule has 4 heteroatoms. The van der Waals surface area contributed by atoms with Crippen LogP contribution < -0.4 is 10.1 Å². The van der Waals surface area contributed by atoms with Crippen LogP contribution in [-0.4, -0.2) is 37.2 Å². The molecule has 1 saturated heterocycles. The third kappa shape index (κ3) is 5.96. The van der Waals surface area contributed by atoms with Crippen molar-refractivity contribution >= 4 is 5.78 Å². The molecular formula is C19H29NO3. The molecule has 1 aliphatic heterocycles. The third-order valence-corrected chi connectivity index (χ3v) is 4.54. The molecule has 0 saturated carbocycles. The lowest BCUT2D eigenvalue weighted by Crippen LogP contribution is -2.27. The van der Waals surface area contributed by atoms with Crippen molar-refractivity contribution in [2.75, 3.05) is 26.3 Å². The van der Waals surface area contributed by atoms with Crippen molar-refractivity contribution in [3.63, 3.8) is 0 Å². The van der Waals surface area contributed by atoms with Crippen LogP contribution in [0.5, 0.6) is 5.75 Å². The molecule has 1 heterocycles. The first-order chi connectivity index (χ1) is 11.2. The topological polar surface area (TPSA) is 58.6 Å². The molecule has 0 unspecified atom stereocenters. The van der Waals surface area contributed by atoms with Crippen molar-refractivity contribution in [1.82, 2.24) is 5.32 Å². The molecule has 128 valence electrons. The fraction of sp³-hybridized carbons (Fsp3) is 0.632. The summed E-state index contributed by atoms with van der Waals surface area (Å²) in [5.74, 6) is 1.77. The number of carbonyl (C=O) groups excluding carboxylic acids is 1. The molecule has 4 nitrogen and oxygen atoms in total. The van der Waals surface area contributed by atoms with Crippen LogP contribution in [0.25, 0.3) is 0 Å². The molecule has 0 aromatic heterocycles. The van der Waals surface area contributed by atoms with E-state index < -0.39 is 0 Å². The first kappa shape index (κ1) is 18.0. The maximum absolute atomic E-state index is 12.0. The number of hydrogen-bond donors (Lipinski definition) is 2. The Bertz CT molecular complexity index is 495. The number of aliphatic hydroxyl groups is 1. The molecule has 0 spiro atoms. The fourth-order valence-electron chi connectivity index (χ4n) is 3.15. The van der Waals surface area contributed by atoms with Gasteiger partial charge in [0.05, 0.1) is 6.61 Å². The number of aliphatic hydroxyl groups excluding tert-OH is 1. The summed E-state index contributed by atoms with van der Waals surface area (Å²) in [6.45, 7) is 5.03. The van der Waals surface area contributed by atoms with Crippen LogP contribution in [0.4, 0.5) is 0 Å². The number of nitrogens with one attached hydrogen (secondary N) is 1. The summed E-state index contributed by atoms with van der Waals surface area (Å²) in [6, 6.07) is 5.66. The van der Waals surface area contributed by atoms with E-state index in [2.05, 4.69) is 5.32 Å². The van der Waals surface area contributed by atoms with Gasteiger partial charge in [0.2, 0.25) is 0 Å². The smallest absolute Gasteiger partial charge is 0.163 e. The Morgan fingerprint density at radius 3 is 2.78 bits per heavy atom. The molecule has 1 aromatic rings. The standard InChI is InChI=1S/C19H29NO3/c1-15-14-17(6-7-18(15)19(22)5-2-12-21)23-13-3-4-16-8-10-20-11-9-16/h6-7,14,16,20-21H,2-5,8-13H2,1H3. The van der Waals surface area contributed by atoms with Crippen molar-refractivity contribution in [2.24, 2.45) is 5.92 Å². The van der Waals surface area contributed by atoms with Crippen molar-refractivity contribution < 1.29 is 14.6 Å². The Morgan fingerprint density at radius 2 is 2.09 bits per heavy atom. The minimum Gasteiger partial charge on any atom is -0.494 e. The quantitative estimate of drug-likeness (QED) is 0.542. The van der Waals surface area contributed by atoms with E-state index in [4.69, 9.17) is 9.84 Å². The largest absolute Gasteiger partial charge is 0.494 e. The number of rotatable bonds is 9. The maximum Gasteiger partial charge on any atom is 0.163 e. The summed E-state index contributed by atoms with van der Waals surface area (Å²) < 4.78 is 5.83. The summed E-state index contributed by atoms with van der Waals surface area (Å²) >= 11 is 0. The predicted octanol–water partition coefficient (Wildman–Crippen LogP) is 3.11. The number of hydrogen-bond acceptors (Lipinski definition) is 4.